The number of imide groups is 1. The molecule has 1 fully saturated rings. The van der Waals surface area contributed by atoms with Gasteiger partial charge in [-0.05, 0) is 12.1 Å². The fourth-order valence-electron chi connectivity index (χ4n) is 2.26. The average molecular weight is 285 g/mol. The van der Waals surface area contributed by atoms with Gasteiger partial charge in [0, 0.05) is 17.0 Å². The standard InChI is InChI=1S/C14H11N3O4/c18-11-5-10(15-9-4-2-1-3-8(9)11)14(21)17-6-12(19)16-13(20)7-17/h1-5H,6-7H2,(H,15,18)(H,16,19,20). The van der Waals surface area contributed by atoms with Gasteiger partial charge in [-0.15, -0.1) is 0 Å². The number of hydrogen-bond acceptors (Lipinski definition) is 4. The quantitative estimate of drug-likeness (QED) is 0.698. The molecule has 21 heavy (non-hydrogen) atoms. The van der Waals surface area contributed by atoms with E-state index in [4.69, 9.17) is 0 Å². The first-order valence-corrected chi connectivity index (χ1v) is 6.28. The molecule has 2 aromatic rings. The maximum Gasteiger partial charge on any atom is 0.271 e. The summed E-state index contributed by atoms with van der Waals surface area (Å²) in [5, 5.41) is 2.59. The van der Waals surface area contributed by atoms with Gasteiger partial charge in [0.15, 0.2) is 5.43 Å². The number of hydrogen-bond donors (Lipinski definition) is 2. The Morgan fingerprint density at radius 3 is 2.43 bits per heavy atom. The van der Waals surface area contributed by atoms with Crippen molar-refractivity contribution in [2.75, 3.05) is 13.1 Å². The maximum absolute atomic E-state index is 12.3. The van der Waals surface area contributed by atoms with Gasteiger partial charge in [-0.25, -0.2) is 0 Å². The van der Waals surface area contributed by atoms with Crippen LogP contribution in [0.5, 0.6) is 0 Å². The minimum Gasteiger partial charge on any atom is -0.350 e. The Balaban J connectivity index is 2.00. The van der Waals surface area contributed by atoms with E-state index in [-0.39, 0.29) is 24.2 Å². The highest BCUT2D eigenvalue weighted by atomic mass is 16.2. The van der Waals surface area contributed by atoms with Crippen molar-refractivity contribution in [3.8, 4) is 0 Å². The molecule has 0 spiro atoms. The zero-order valence-corrected chi connectivity index (χ0v) is 10.9. The number of amides is 3. The van der Waals surface area contributed by atoms with E-state index in [9.17, 15) is 19.2 Å². The van der Waals surface area contributed by atoms with Gasteiger partial charge in [0.05, 0.1) is 0 Å². The number of nitrogens with one attached hydrogen (secondary N) is 2. The van der Waals surface area contributed by atoms with Crippen molar-refractivity contribution in [3.63, 3.8) is 0 Å². The molecule has 2 N–H and O–H groups in total. The number of rotatable bonds is 1. The van der Waals surface area contributed by atoms with E-state index in [1.807, 2.05) is 0 Å². The third kappa shape index (κ3) is 2.40. The predicted molar refractivity (Wildman–Crippen MR) is 73.6 cm³/mol. The zero-order valence-electron chi connectivity index (χ0n) is 10.9. The monoisotopic (exact) mass is 285 g/mol. The summed E-state index contributed by atoms with van der Waals surface area (Å²) in [5.41, 5.74) is 0.294. The highest BCUT2D eigenvalue weighted by Gasteiger charge is 2.27. The Morgan fingerprint density at radius 2 is 1.71 bits per heavy atom. The second-order valence-corrected chi connectivity index (χ2v) is 4.73. The molecule has 1 aromatic carbocycles. The van der Waals surface area contributed by atoms with Gasteiger partial charge < -0.3 is 9.88 Å². The SMILES string of the molecule is O=C1CN(C(=O)c2cc(=O)c3ccccc3[nH]2)CC(=O)N1. The second kappa shape index (κ2) is 4.86. The van der Waals surface area contributed by atoms with Gasteiger partial charge in [0.25, 0.3) is 5.91 Å². The second-order valence-electron chi connectivity index (χ2n) is 4.73. The van der Waals surface area contributed by atoms with Crippen LogP contribution in [0.3, 0.4) is 0 Å². The maximum atomic E-state index is 12.3. The van der Waals surface area contributed by atoms with E-state index in [2.05, 4.69) is 10.3 Å². The first-order chi connectivity index (χ1) is 10.0. The van der Waals surface area contributed by atoms with Gasteiger partial charge in [-0.3, -0.25) is 24.5 Å². The van der Waals surface area contributed by atoms with Crippen LogP contribution in [-0.4, -0.2) is 40.7 Å². The molecule has 0 atom stereocenters. The summed E-state index contributed by atoms with van der Waals surface area (Å²) in [6.45, 7) is -0.418. The number of carbonyl (C=O) groups is 3. The van der Waals surface area contributed by atoms with Crippen LogP contribution in [0, 0.1) is 0 Å². The van der Waals surface area contributed by atoms with Crippen molar-refractivity contribution < 1.29 is 14.4 Å². The van der Waals surface area contributed by atoms with Crippen LogP contribution >= 0.6 is 0 Å². The van der Waals surface area contributed by atoms with Crippen molar-refractivity contribution in [1.82, 2.24) is 15.2 Å². The number of aromatic amines is 1. The van der Waals surface area contributed by atoms with Crippen LogP contribution in [0.1, 0.15) is 10.5 Å². The number of para-hydroxylation sites is 1. The molecule has 1 aliphatic heterocycles. The highest BCUT2D eigenvalue weighted by molar-refractivity contribution is 6.05. The fourth-order valence-corrected chi connectivity index (χ4v) is 2.26. The Labute approximate surface area is 118 Å². The number of nitrogens with zero attached hydrogens (tertiary/aromatic N) is 1. The van der Waals surface area contributed by atoms with E-state index < -0.39 is 17.7 Å². The van der Waals surface area contributed by atoms with E-state index >= 15 is 0 Å². The number of piperazine rings is 1. The van der Waals surface area contributed by atoms with Crippen LogP contribution in [0.25, 0.3) is 10.9 Å². The lowest BCUT2D eigenvalue weighted by Crippen LogP contribution is -2.53. The number of pyridine rings is 1. The molecule has 3 rings (SSSR count). The molecule has 3 amide bonds. The van der Waals surface area contributed by atoms with Gasteiger partial charge in [0.1, 0.15) is 18.8 Å². The topological polar surface area (TPSA) is 99.3 Å². The lowest BCUT2D eigenvalue weighted by atomic mass is 10.2. The molecule has 1 saturated heterocycles. The summed E-state index contributed by atoms with van der Waals surface area (Å²) in [7, 11) is 0. The smallest absolute Gasteiger partial charge is 0.271 e. The van der Waals surface area contributed by atoms with Crippen molar-refractivity contribution in [2.24, 2.45) is 0 Å². The third-order valence-electron chi connectivity index (χ3n) is 3.20. The number of H-pyrrole nitrogens is 1. The molecule has 0 bridgehead atoms. The fraction of sp³-hybridized carbons (Fsp3) is 0.143. The van der Waals surface area contributed by atoms with Crippen molar-refractivity contribution in [1.29, 1.82) is 0 Å². The average Bonchev–Trinajstić information content (AvgIpc) is 2.45. The van der Waals surface area contributed by atoms with Crippen LogP contribution in [0.4, 0.5) is 0 Å². The zero-order chi connectivity index (χ0) is 15.0. The Kier molecular flexibility index (Phi) is 3.02. The van der Waals surface area contributed by atoms with E-state index in [1.165, 1.54) is 6.07 Å². The van der Waals surface area contributed by atoms with Gasteiger partial charge >= 0.3 is 0 Å². The summed E-state index contributed by atoms with van der Waals surface area (Å²) < 4.78 is 0. The van der Waals surface area contributed by atoms with Crippen LogP contribution in [-0.2, 0) is 9.59 Å². The first kappa shape index (κ1) is 13.0. The summed E-state index contributed by atoms with van der Waals surface area (Å²) in [4.78, 5) is 50.8. The minimum atomic E-state index is -0.555. The Hall–Kier alpha value is -2.96. The molecule has 0 aliphatic carbocycles. The molecule has 7 nitrogen and oxygen atoms in total. The summed E-state index contributed by atoms with van der Waals surface area (Å²) in [6, 6.07) is 7.99. The molecular weight excluding hydrogens is 274 g/mol. The lowest BCUT2D eigenvalue weighted by Gasteiger charge is -2.25. The summed E-state index contributed by atoms with van der Waals surface area (Å²) >= 11 is 0. The summed E-state index contributed by atoms with van der Waals surface area (Å²) in [6.07, 6.45) is 0. The van der Waals surface area contributed by atoms with Crippen molar-refractivity contribution >= 4 is 28.6 Å². The third-order valence-corrected chi connectivity index (χ3v) is 3.20. The van der Waals surface area contributed by atoms with Crippen molar-refractivity contribution in [3.05, 3.63) is 46.2 Å². The molecule has 7 heteroatoms. The number of aromatic nitrogens is 1. The Morgan fingerprint density at radius 1 is 1.05 bits per heavy atom. The van der Waals surface area contributed by atoms with Crippen molar-refractivity contribution in [2.45, 2.75) is 0 Å². The van der Waals surface area contributed by atoms with Gasteiger partial charge in [-0.2, -0.15) is 0 Å². The van der Waals surface area contributed by atoms with Crippen LogP contribution in [0.15, 0.2) is 35.1 Å². The van der Waals surface area contributed by atoms with Gasteiger partial charge in [0.2, 0.25) is 11.8 Å². The minimum absolute atomic E-state index is 0.0567. The molecule has 2 heterocycles. The number of fused-ring (bicyclic) bond motifs is 1. The Bertz CT molecular complexity index is 808. The summed E-state index contributed by atoms with van der Waals surface area (Å²) in [5.74, 6) is -1.63. The van der Waals surface area contributed by atoms with Crippen LogP contribution in [0.2, 0.25) is 0 Å². The van der Waals surface area contributed by atoms with Gasteiger partial charge in [-0.1, -0.05) is 12.1 Å². The highest BCUT2D eigenvalue weighted by Crippen LogP contribution is 2.09. The van der Waals surface area contributed by atoms with Crippen LogP contribution < -0.4 is 10.7 Å². The number of carbonyl (C=O) groups excluding carboxylic acids is 3. The molecule has 1 aliphatic rings. The number of benzene rings is 1. The molecule has 0 saturated carbocycles. The molecule has 0 unspecified atom stereocenters. The normalized spacial score (nSPS) is 15.1. The lowest BCUT2D eigenvalue weighted by molar-refractivity contribution is -0.135. The molecule has 0 radical (unpaired) electrons. The molecule has 106 valence electrons. The molecule has 1 aromatic heterocycles. The van der Waals surface area contributed by atoms with E-state index in [0.717, 1.165) is 4.90 Å². The molecular formula is C14H11N3O4. The largest absolute Gasteiger partial charge is 0.350 e. The van der Waals surface area contributed by atoms with E-state index in [0.29, 0.717) is 10.9 Å². The first-order valence-electron chi connectivity index (χ1n) is 6.28. The predicted octanol–water partition coefficient (Wildman–Crippen LogP) is -0.373. The van der Waals surface area contributed by atoms with E-state index in [1.54, 1.807) is 24.3 Å².